The first-order valence-electron chi connectivity index (χ1n) is 11.3. The van der Waals surface area contributed by atoms with Gasteiger partial charge < -0.3 is 15.4 Å². The van der Waals surface area contributed by atoms with E-state index in [4.69, 9.17) is 10.00 Å². The lowest BCUT2D eigenvalue weighted by Gasteiger charge is -2.42. The fourth-order valence-electron chi connectivity index (χ4n) is 4.04. The number of hydrogen-bond acceptors (Lipinski definition) is 6. The zero-order chi connectivity index (χ0) is 23.0. The Morgan fingerprint density at radius 3 is 2.61 bits per heavy atom. The van der Waals surface area contributed by atoms with Crippen molar-refractivity contribution in [3.63, 3.8) is 0 Å². The van der Waals surface area contributed by atoms with Gasteiger partial charge in [-0.25, -0.2) is 4.99 Å². The summed E-state index contributed by atoms with van der Waals surface area (Å²) >= 11 is 0. The smallest absolute Gasteiger partial charge is 0.247 e. The van der Waals surface area contributed by atoms with Crippen molar-refractivity contribution in [2.45, 2.75) is 31.0 Å². The number of rotatable bonds is 9. The molecule has 0 bridgehead atoms. The zero-order valence-electron chi connectivity index (χ0n) is 18.8. The second-order valence-electron chi connectivity index (χ2n) is 8.33. The van der Waals surface area contributed by atoms with E-state index < -0.39 is 6.04 Å². The number of nitrogens with one attached hydrogen (secondary N) is 2. The second-order valence-corrected chi connectivity index (χ2v) is 8.33. The number of aliphatic imine (C=N–C) groups is 1. The Balaban J connectivity index is 1.34. The van der Waals surface area contributed by atoms with Gasteiger partial charge in [-0.15, -0.1) is 0 Å². The highest BCUT2D eigenvalue weighted by atomic mass is 16.5. The fraction of sp³-hybridized carbons (Fsp3) is 0.346. The SMILES string of the molecule is COC1CN(C2C=NC(NC(=O)C(NCCc3ccc(C#N)cc3)c3ccccc3)=CC2)C1. The predicted octanol–water partition coefficient (Wildman–Crippen LogP) is 2.56. The van der Waals surface area contributed by atoms with E-state index in [0.717, 1.165) is 37.1 Å². The minimum absolute atomic E-state index is 0.133. The second kappa shape index (κ2) is 11.0. The summed E-state index contributed by atoms with van der Waals surface area (Å²) < 4.78 is 5.34. The summed E-state index contributed by atoms with van der Waals surface area (Å²) in [7, 11) is 1.74. The van der Waals surface area contributed by atoms with Crippen molar-refractivity contribution in [1.82, 2.24) is 15.5 Å². The van der Waals surface area contributed by atoms with Gasteiger partial charge in [0.15, 0.2) is 0 Å². The van der Waals surface area contributed by atoms with Crippen molar-refractivity contribution in [2.75, 3.05) is 26.7 Å². The van der Waals surface area contributed by atoms with Crippen LogP contribution in [-0.2, 0) is 16.0 Å². The first-order chi connectivity index (χ1) is 16.2. The lowest BCUT2D eigenvalue weighted by atomic mass is 10.0. The molecule has 33 heavy (non-hydrogen) atoms. The molecule has 0 aromatic heterocycles. The van der Waals surface area contributed by atoms with Gasteiger partial charge in [0.05, 0.1) is 17.7 Å². The van der Waals surface area contributed by atoms with Crippen molar-refractivity contribution in [1.29, 1.82) is 5.26 Å². The first-order valence-corrected chi connectivity index (χ1v) is 11.3. The van der Waals surface area contributed by atoms with Crippen molar-refractivity contribution < 1.29 is 9.53 Å². The highest BCUT2D eigenvalue weighted by Gasteiger charge is 2.32. The van der Waals surface area contributed by atoms with Gasteiger partial charge in [-0.1, -0.05) is 42.5 Å². The summed E-state index contributed by atoms with van der Waals surface area (Å²) in [5.41, 5.74) is 2.66. The highest BCUT2D eigenvalue weighted by Crippen LogP contribution is 2.20. The number of nitriles is 1. The number of hydrogen-bond donors (Lipinski definition) is 2. The maximum absolute atomic E-state index is 13.2. The molecule has 170 valence electrons. The normalized spacial score (nSPS) is 19.3. The van der Waals surface area contributed by atoms with Crippen molar-refractivity contribution in [3.05, 3.63) is 83.2 Å². The molecule has 2 unspecified atom stereocenters. The Bertz CT molecular complexity index is 1040. The molecule has 2 heterocycles. The highest BCUT2D eigenvalue weighted by molar-refractivity contribution is 5.85. The van der Waals surface area contributed by atoms with Gasteiger partial charge in [0, 0.05) is 39.0 Å². The van der Waals surface area contributed by atoms with E-state index in [1.165, 1.54) is 0 Å². The molecule has 2 aliphatic rings. The summed E-state index contributed by atoms with van der Waals surface area (Å²) in [6, 6.07) is 19.1. The monoisotopic (exact) mass is 443 g/mol. The third-order valence-electron chi connectivity index (χ3n) is 6.11. The van der Waals surface area contributed by atoms with E-state index in [-0.39, 0.29) is 11.9 Å². The quantitative estimate of drug-likeness (QED) is 0.622. The molecule has 2 aliphatic heterocycles. The number of ether oxygens (including phenoxy) is 1. The molecule has 0 spiro atoms. The molecule has 0 radical (unpaired) electrons. The van der Waals surface area contributed by atoms with Crippen LogP contribution in [0.3, 0.4) is 0 Å². The number of carbonyl (C=O) groups excluding carboxylic acids is 1. The Morgan fingerprint density at radius 1 is 1.21 bits per heavy atom. The van der Waals surface area contributed by atoms with E-state index in [9.17, 15) is 4.79 Å². The first kappa shape index (κ1) is 22.9. The molecule has 1 amide bonds. The third kappa shape index (κ3) is 5.93. The number of amides is 1. The van der Waals surface area contributed by atoms with Crippen LogP contribution in [0.2, 0.25) is 0 Å². The summed E-state index contributed by atoms with van der Waals surface area (Å²) in [5.74, 6) is 0.459. The van der Waals surface area contributed by atoms with Crippen molar-refractivity contribution >= 4 is 12.1 Å². The topological polar surface area (TPSA) is 89.8 Å². The largest absolute Gasteiger partial charge is 0.379 e. The van der Waals surface area contributed by atoms with Crippen LogP contribution in [0.1, 0.15) is 29.2 Å². The summed E-state index contributed by atoms with van der Waals surface area (Å²) in [4.78, 5) is 20.0. The van der Waals surface area contributed by atoms with Crippen LogP contribution < -0.4 is 10.6 Å². The van der Waals surface area contributed by atoms with Crippen LogP contribution >= 0.6 is 0 Å². The average molecular weight is 444 g/mol. The van der Waals surface area contributed by atoms with Gasteiger partial charge in [-0.3, -0.25) is 9.69 Å². The third-order valence-corrected chi connectivity index (χ3v) is 6.11. The van der Waals surface area contributed by atoms with Gasteiger partial charge in [0.2, 0.25) is 5.91 Å². The number of methoxy groups -OCH3 is 1. The molecule has 1 saturated heterocycles. The minimum atomic E-state index is -0.490. The average Bonchev–Trinajstić information content (AvgIpc) is 2.83. The molecule has 2 atom stereocenters. The fourth-order valence-corrected chi connectivity index (χ4v) is 4.04. The molecule has 1 fully saturated rings. The molecule has 2 N–H and O–H groups in total. The van der Waals surface area contributed by atoms with Crippen molar-refractivity contribution in [2.24, 2.45) is 4.99 Å². The number of nitrogens with zero attached hydrogens (tertiary/aromatic N) is 3. The van der Waals surface area contributed by atoms with E-state index in [1.54, 1.807) is 7.11 Å². The number of likely N-dealkylation sites (tertiary alicyclic amines) is 1. The Labute approximate surface area is 194 Å². The molecule has 2 aromatic rings. The molecule has 7 heteroatoms. The van der Waals surface area contributed by atoms with Gasteiger partial charge in [0.1, 0.15) is 11.9 Å². The lowest BCUT2D eigenvalue weighted by Crippen LogP contribution is -2.56. The summed E-state index contributed by atoms with van der Waals surface area (Å²) in [5, 5.41) is 15.3. The van der Waals surface area contributed by atoms with Crippen LogP contribution in [0.15, 0.2) is 71.5 Å². The molecule has 0 aliphatic carbocycles. The number of carbonyl (C=O) groups is 1. The van der Waals surface area contributed by atoms with Gasteiger partial charge in [0.25, 0.3) is 0 Å². The van der Waals surface area contributed by atoms with Crippen molar-refractivity contribution in [3.8, 4) is 6.07 Å². The van der Waals surface area contributed by atoms with Gasteiger partial charge >= 0.3 is 0 Å². The number of benzene rings is 2. The molecule has 2 aromatic carbocycles. The lowest BCUT2D eigenvalue weighted by molar-refractivity contribution is -0.122. The van der Waals surface area contributed by atoms with Crippen LogP contribution in [0.4, 0.5) is 0 Å². The molecule has 4 rings (SSSR count). The van der Waals surface area contributed by atoms with E-state index in [0.29, 0.717) is 24.0 Å². The maximum atomic E-state index is 13.2. The van der Waals surface area contributed by atoms with Crippen LogP contribution in [0.5, 0.6) is 0 Å². The Morgan fingerprint density at radius 2 is 1.97 bits per heavy atom. The molecule has 7 nitrogen and oxygen atoms in total. The summed E-state index contributed by atoms with van der Waals surface area (Å²) in [6.45, 7) is 2.46. The Kier molecular flexibility index (Phi) is 7.63. The van der Waals surface area contributed by atoms with E-state index in [1.807, 2.05) is 66.9 Å². The van der Waals surface area contributed by atoms with E-state index in [2.05, 4.69) is 26.6 Å². The maximum Gasteiger partial charge on any atom is 0.247 e. The van der Waals surface area contributed by atoms with Crippen LogP contribution in [-0.4, -0.2) is 55.9 Å². The minimum Gasteiger partial charge on any atom is -0.379 e. The van der Waals surface area contributed by atoms with Crippen LogP contribution in [0.25, 0.3) is 0 Å². The Hall–Kier alpha value is -3.31. The molecular formula is C26H29N5O2. The van der Waals surface area contributed by atoms with Gasteiger partial charge in [-0.2, -0.15) is 5.26 Å². The van der Waals surface area contributed by atoms with Crippen LogP contribution in [0, 0.1) is 11.3 Å². The standard InChI is InChI=1S/C26H29N5O2/c1-33-23-17-31(18-23)22-11-12-24(29-16-22)30-26(32)25(21-5-3-2-4-6-21)28-14-13-19-7-9-20(15-27)10-8-19/h2-10,12,16,22-23,25,28H,11,13-14,17-18H2,1H3,(H,30,32). The van der Waals surface area contributed by atoms with E-state index >= 15 is 0 Å². The predicted molar refractivity (Wildman–Crippen MR) is 128 cm³/mol. The molecule has 0 saturated carbocycles. The zero-order valence-corrected chi connectivity index (χ0v) is 18.8. The van der Waals surface area contributed by atoms with Gasteiger partial charge in [-0.05, 0) is 42.2 Å². The molecular weight excluding hydrogens is 414 g/mol. The summed E-state index contributed by atoms with van der Waals surface area (Å²) in [6.07, 6.45) is 5.78.